The molecule has 1 atom stereocenters. The van der Waals surface area contributed by atoms with E-state index >= 15 is 0 Å². The van der Waals surface area contributed by atoms with Gasteiger partial charge in [-0.1, -0.05) is 72.3 Å². The van der Waals surface area contributed by atoms with Crippen molar-refractivity contribution < 1.29 is 9.90 Å². The average Bonchev–Trinajstić information content (AvgIpc) is 3.25. The molecule has 0 aliphatic carbocycles. The normalized spacial score (nSPS) is 16.9. The summed E-state index contributed by atoms with van der Waals surface area (Å²) in [4.78, 5) is 19.1. The molecule has 0 bridgehead atoms. The van der Waals surface area contributed by atoms with Crippen molar-refractivity contribution in [1.29, 1.82) is 0 Å². The maximum atomic E-state index is 13.3. The molecule has 1 amide bonds. The number of nitrogens with zero attached hydrogens (tertiary/aromatic N) is 2. The Balaban J connectivity index is 1.80. The lowest BCUT2D eigenvalue weighted by Gasteiger charge is -2.40. The number of likely N-dealkylation sites (tertiary alicyclic amines) is 1. The average molecular weight is 393 g/mol. The van der Waals surface area contributed by atoms with Gasteiger partial charge in [-0.15, -0.1) is 0 Å². The molecule has 5 heteroatoms. The maximum Gasteiger partial charge on any atom is 0.257 e. The van der Waals surface area contributed by atoms with E-state index in [-0.39, 0.29) is 5.91 Å². The van der Waals surface area contributed by atoms with Crippen LogP contribution < -0.4 is 0 Å². The van der Waals surface area contributed by atoms with Crippen molar-refractivity contribution in [3.63, 3.8) is 0 Å². The number of rotatable bonds is 4. The monoisotopic (exact) mass is 392 g/mol. The number of aromatic nitrogens is 1. The third-order valence-electron chi connectivity index (χ3n) is 5.42. The Hall–Kier alpha value is -2.69. The summed E-state index contributed by atoms with van der Waals surface area (Å²) < 4.78 is 0. The summed E-state index contributed by atoms with van der Waals surface area (Å²) in [6.07, 6.45) is 4.56. The number of carbonyl (C=O) groups excluding carboxylic acids is 1. The molecule has 0 unspecified atom stereocenters. The number of hydrogen-bond donors (Lipinski definition) is 1. The van der Waals surface area contributed by atoms with Crippen molar-refractivity contribution in [2.24, 2.45) is 0 Å². The van der Waals surface area contributed by atoms with E-state index in [1.54, 1.807) is 17.2 Å². The molecular weight excluding hydrogens is 372 g/mol. The minimum absolute atomic E-state index is 0.203. The minimum atomic E-state index is -1.32. The van der Waals surface area contributed by atoms with E-state index < -0.39 is 11.6 Å². The van der Waals surface area contributed by atoms with Gasteiger partial charge >= 0.3 is 0 Å². The topological polar surface area (TPSA) is 53.4 Å². The first-order chi connectivity index (χ1) is 13.6. The molecule has 0 saturated carbocycles. The van der Waals surface area contributed by atoms with Crippen LogP contribution in [0.25, 0.3) is 0 Å². The fourth-order valence-corrected chi connectivity index (χ4v) is 4.26. The smallest absolute Gasteiger partial charge is 0.257 e. The molecule has 4 nitrogen and oxygen atoms in total. The lowest BCUT2D eigenvalue weighted by atomic mass is 9.79. The number of aliphatic hydroxyl groups is 1. The maximum absolute atomic E-state index is 13.3. The van der Waals surface area contributed by atoms with Crippen molar-refractivity contribution in [3.8, 4) is 0 Å². The summed E-state index contributed by atoms with van der Waals surface area (Å²) >= 11 is 6.24. The molecule has 1 aromatic heterocycles. The Morgan fingerprint density at radius 3 is 2.21 bits per heavy atom. The van der Waals surface area contributed by atoms with Crippen LogP contribution in [0.5, 0.6) is 0 Å². The predicted molar refractivity (Wildman–Crippen MR) is 109 cm³/mol. The lowest BCUT2D eigenvalue weighted by Crippen LogP contribution is -2.50. The van der Waals surface area contributed by atoms with Crippen LogP contribution >= 0.6 is 11.6 Å². The largest absolute Gasteiger partial charge is 0.378 e. The quantitative estimate of drug-likeness (QED) is 0.721. The Kier molecular flexibility index (Phi) is 5.16. The van der Waals surface area contributed by atoms with Gasteiger partial charge in [-0.2, -0.15) is 0 Å². The summed E-state index contributed by atoms with van der Waals surface area (Å²) in [5, 5.41) is 12.4. The summed E-state index contributed by atoms with van der Waals surface area (Å²) in [6, 6.07) is 20.3. The highest BCUT2D eigenvalue weighted by molar-refractivity contribution is 6.33. The van der Waals surface area contributed by atoms with Crippen molar-refractivity contribution in [2.45, 2.75) is 24.5 Å². The lowest BCUT2D eigenvalue weighted by molar-refractivity contribution is -0.000730. The molecule has 1 aliphatic heterocycles. The van der Waals surface area contributed by atoms with Crippen molar-refractivity contribution in [1.82, 2.24) is 9.88 Å². The van der Waals surface area contributed by atoms with Crippen LogP contribution in [0.2, 0.25) is 5.02 Å². The molecule has 0 radical (unpaired) electrons. The molecule has 142 valence electrons. The molecule has 3 aromatic rings. The molecule has 0 spiro atoms. The zero-order valence-corrected chi connectivity index (χ0v) is 16.1. The van der Waals surface area contributed by atoms with Gasteiger partial charge in [0.2, 0.25) is 0 Å². The third kappa shape index (κ3) is 3.19. The van der Waals surface area contributed by atoms with Crippen molar-refractivity contribution >= 4 is 17.5 Å². The molecule has 1 fully saturated rings. The van der Waals surface area contributed by atoms with Gasteiger partial charge in [0.15, 0.2) is 0 Å². The highest BCUT2D eigenvalue weighted by Crippen LogP contribution is 2.41. The number of pyridine rings is 1. The van der Waals surface area contributed by atoms with Crippen LogP contribution in [0.3, 0.4) is 0 Å². The highest BCUT2D eigenvalue weighted by atomic mass is 35.5. The molecule has 28 heavy (non-hydrogen) atoms. The van der Waals surface area contributed by atoms with Crippen molar-refractivity contribution in [3.05, 3.63) is 101 Å². The second kappa shape index (κ2) is 7.74. The van der Waals surface area contributed by atoms with Crippen LogP contribution in [-0.2, 0) is 5.60 Å². The predicted octanol–water partition coefficient (Wildman–Crippen LogP) is 4.28. The third-order valence-corrected chi connectivity index (χ3v) is 5.75. The van der Waals surface area contributed by atoms with E-state index in [0.29, 0.717) is 23.6 Å². The van der Waals surface area contributed by atoms with Gasteiger partial charge in [0.1, 0.15) is 5.60 Å². The number of amides is 1. The van der Waals surface area contributed by atoms with Gasteiger partial charge in [-0.3, -0.25) is 9.78 Å². The summed E-state index contributed by atoms with van der Waals surface area (Å²) in [7, 11) is 0. The summed E-state index contributed by atoms with van der Waals surface area (Å²) in [6.45, 7) is 0.566. The molecule has 1 N–H and O–H groups in total. The second-order valence-electron chi connectivity index (χ2n) is 7.01. The van der Waals surface area contributed by atoms with E-state index in [1.165, 1.54) is 6.20 Å². The first-order valence-corrected chi connectivity index (χ1v) is 9.74. The van der Waals surface area contributed by atoms with Crippen LogP contribution in [0, 0.1) is 0 Å². The van der Waals surface area contributed by atoms with E-state index in [1.807, 2.05) is 60.7 Å². The molecule has 1 aliphatic rings. The standard InChI is InChI=1S/C23H21ClN2O2/c24-20-13-14-25-16-19(20)22(27)26-15-7-12-21(26)23(28,17-8-3-1-4-9-17)18-10-5-2-6-11-18/h1-6,8-11,13-14,16,21,28H,7,12,15H2/t21-/m0/s1. The summed E-state index contributed by atoms with van der Waals surface area (Å²) in [5.41, 5.74) is 0.578. The van der Waals surface area contributed by atoms with E-state index in [2.05, 4.69) is 4.98 Å². The van der Waals surface area contributed by atoms with Crippen molar-refractivity contribution in [2.75, 3.05) is 6.54 Å². The van der Waals surface area contributed by atoms with E-state index in [0.717, 1.165) is 17.5 Å². The zero-order valence-electron chi connectivity index (χ0n) is 15.3. The molecule has 1 saturated heterocycles. The van der Waals surface area contributed by atoms with Crippen LogP contribution in [0.1, 0.15) is 34.3 Å². The van der Waals surface area contributed by atoms with E-state index in [9.17, 15) is 9.90 Å². The van der Waals surface area contributed by atoms with Gasteiger partial charge in [0.25, 0.3) is 5.91 Å². The Labute approximate surface area is 169 Å². The second-order valence-corrected chi connectivity index (χ2v) is 7.42. The Morgan fingerprint density at radius 2 is 1.64 bits per heavy atom. The zero-order chi connectivity index (χ0) is 19.6. The Morgan fingerprint density at radius 1 is 1.04 bits per heavy atom. The summed E-state index contributed by atoms with van der Waals surface area (Å²) in [5.74, 6) is -0.203. The van der Waals surface area contributed by atoms with Gasteiger partial charge < -0.3 is 10.0 Å². The highest BCUT2D eigenvalue weighted by Gasteiger charge is 2.47. The number of benzene rings is 2. The van der Waals surface area contributed by atoms with Gasteiger partial charge in [0, 0.05) is 18.9 Å². The van der Waals surface area contributed by atoms with Crippen LogP contribution in [-0.4, -0.2) is 33.5 Å². The van der Waals surface area contributed by atoms with Gasteiger partial charge in [0.05, 0.1) is 16.6 Å². The fraction of sp³-hybridized carbons (Fsp3) is 0.217. The number of hydrogen-bond acceptors (Lipinski definition) is 3. The van der Waals surface area contributed by atoms with Gasteiger partial charge in [-0.05, 0) is 30.0 Å². The molecule has 2 heterocycles. The molecule has 2 aromatic carbocycles. The SMILES string of the molecule is O=C(c1cnccc1Cl)N1CCC[C@H]1C(O)(c1ccccc1)c1ccccc1. The van der Waals surface area contributed by atoms with Crippen LogP contribution in [0.15, 0.2) is 79.1 Å². The van der Waals surface area contributed by atoms with E-state index in [4.69, 9.17) is 11.6 Å². The number of carbonyl (C=O) groups is 1. The fourth-order valence-electron chi connectivity index (χ4n) is 4.07. The van der Waals surface area contributed by atoms with Crippen LogP contribution in [0.4, 0.5) is 0 Å². The number of halogens is 1. The molecular formula is C23H21ClN2O2. The first kappa shape index (κ1) is 18.7. The molecule has 4 rings (SSSR count). The first-order valence-electron chi connectivity index (χ1n) is 9.36. The van der Waals surface area contributed by atoms with Gasteiger partial charge in [-0.25, -0.2) is 0 Å². The Bertz CT molecular complexity index is 923. The minimum Gasteiger partial charge on any atom is -0.378 e.